The van der Waals surface area contributed by atoms with E-state index >= 15 is 0 Å². The highest BCUT2D eigenvalue weighted by molar-refractivity contribution is 5.39. The van der Waals surface area contributed by atoms with E-state index in [1.807, 2.05) is 0 Å². The van der Waals surface area contributed by atoms with E-state index in [2.05, 4.69) is 70.9 Å². The minimum absolute atomic E-state index is 0.418. The van der Waals surface area contributed by atoms with Crippen LogP contribution in [-0.2, 0) is 0 Å². The molecule has 1 atom stereocenters. The van der Waals surface area contributed by atoms with Gasteiger partial charge in [0.2, 0.25) is 0 Å². The number of benzene rings is 1. The molecule has 0 spiro atoms. The maximum Gasteiger partial charge on any atom is 0.0454 e. The van der Waals surface area contributed by atoms with Gasteiger partial charge in [-0.3, -0.25) is 0 Å². The molecule has 0 aliphatic carbocycles. The van der Waals surface area contributed by atoms with Crippen LogP contribution in [0.25, 0.3) is 0 Å². The summed E-state index contributed by atoms with van der Waals surface area (Å²) >= 11 is 0. The molecule has 0 saturated heterocycles. The highest BCUT2D eigenvalue weighted by atomic mass is 15.2. The van der Waals surface area contributed by atoms with Crippen LogP contribution in [0.4, 0.5) is 0 Å². The van der Waals surface area contributed by atoms with Gasteiger partial charge in [-0.2, -0.15) is 0 Å². The molecule has 0 radical (unpaired) electrons. The fourth-order valence-corrected chi connectivity index (χ4v) is 3.59. The molecule has 1 N–H and O–H groups in total. The molecule has 0 fully saturated rings. The van der Waals surface area contributed by atoms with Crippen molar-refractivity contribution in [2.24, 2.45) is 0 Å². The van der Waals surface area contributed by atoms with Crippen LogP contribution in [-0.4, -0.2) is 31.1 Å². The smallest absolute Gasteiger partial charge is 0.0454 e. The van der Waals surface area contributed by atoms with Crippen molar-refractivity contribution in [2.45, 2.75) is 66.5 Å². The van der Waals surface area contributed by atoms with Crippen molar-refractivity contribution in [3.63, 3.8) is 0 Å². The van der Waals surface area contributed by atoms with Gasteiger partial charge in [0.1, 0.15) is 0 Å². The maximum atomic E-state index is 3.69. The van der Waals surface area contributed by atoms with E-state index in [1.54, 1.807) is 0 Å². The van der Waals surface area contributed by atoms with Crippen LogP contribution >= 0.6 is 0 Å². The number of hydrogen-bond donors (Lipinski definition) is 1. The molecule has 1 aromatic rings. The van der Waals surface area contributed by atoms with Gasteiger partial charge >= 0.3 is 0 Å². The normalized spacial score (nSPS) is 13.2. The molecule has 2 nitrogen and oxygen atoms in total. The second-order valence-electron chi connectivity index (χ2n) is 6.33. The van der Waals surface area contributed by atoms with Gasteiger partial charge in [-0.1, -0.05) is 38.5 Å². The molecule has 1 unspecified atom stereocenters. The van der Waals surface area contributed by atoms with E-state index in [4.69, 9.17) is 0 Å². The molecule has 2 heteroatoms. The largest absolute Gasteiger partial charge is 0.309 e. The summed E-state index contributed by atoms with van der Waals surface area (Å²) in [6.45, 7) is 15.5. The van der Waals surface area contributed by atoms with Gasteiger partial charge in [0.15, 0.2) is 0 Å². The average Bonchev–Trinajstić information content (AvgIpc) is 2.39. The topological polar surface area (TPSA) is 15.3 Å². The summed E-state index contributed by atoms with van der Waals surface area (Å²) in [5.74, 6) is 0. The Morgan fingerprint density at radius 2 is 1.52 bits per heavy atom. The molecule has 1 rings (SSSR count). The van der Waals surface area contributed by atoms with Crippen LogP contribution in [0.15, 0.2) is 12.1 Å². The molecule has 1 aromatic carbocycles. The van der Waals surface area contributed by atoms with Crippen molar-refractivity contribution >= 4 is 0 Å². The third kappa shape index (κ3) is 4.82. The Labute approximate surface area is 131 Å². The molecule has 120 valence electrons. The highest BCUT2D eigenvalue weighted by Gasteiger charge is 2.20. The van der Waals surface area contributed by atoms with E-state index in [-0.39, 0.29) is 0 Å². The third-order valence-corrected chi connectivity index (χ3v) is 4.57. The van der Waals surface area contributed by atoms with Crippen LogP contribution in [0.3, 0.4) is 0 Å². The van der Waals surface area contributed by atoms with Crippen LogP contribution in [0.2, 0.25) is 0 Å². The molecular formula is C19H34N2. The van der Waals surface area contributed by atoms with Gasteiger partial charge in [-0.05, 0) is 63.9 Å². The lowest BCUT2D eigenvalue weighted by Gasteiger charge is -2.32. The minimum atomic E-state index is 0.418. The molecule has 0 bridgehead atoms. The number of hydrogen-bond acceptors (Lipinski definition) is 2. The molecule has 0 saturated carbocycles. The molecular weight excluding hydrogens is 256 g/mol. The maximum absolute atomic E-state index is 3.69. The van der Waals surface area contributed by atoms with Crippen LogP contribution in [0.5, 0.6) is 0 Å². The lowest BCUT2D eigenvalue weighted by atomic mass is 9.93. The first-order valence-corrected chi connectivity index (χ1v) is 8.45. The molecule has 0 heterocycles. The van der Waals surface area contributed by atoms with Crippen molar-refractivity contribution in [2.75, 3.05) is 20.1 Å². The van der Waals surface area contributed by atoms with Gasteiger partial charge in [0, 0.05) is 18.6 Å². The molecule has 0 amide bonds. The van der Waals surface area contributed by atoms with Crippen molar-refractivity contribution in [3.05, 3.63) is 34.4 Å². The zero-order chi connectivity index (χ0) is 16.0. The van der Waals surface area contributed by atoms with Gasteiger partial charge in [-0.15, -0.1) is 0 Å². The van der Waals surface area contributed by atoms with Gasteiger partial charge in [0.25, 0.3) is 0 Å². The first-order chi connectivity index (χ1) is 9.94. The lowest BCUT2D eigenvalue weighted by Crippen LogP contribution is -2.39. The zero-order valence-corrected chi connectivity index (χ0v) is 15.1. The Kier molecular flexibility index (Phi) is 7.41. The second kappa shape index (κ2) is 8.55. The Morgan fingerprint density at radius 1 is 1.00 bits per heavy atom. The first-order valence-electron chi connectivity index (χ1n) is 8.45. The number of aryl methyl sites for hydroxylation is 3. The first kappa shape index (κ1) is 18.2. The van der Waals surface area contributed by atoms with Crippen molar-refractivity contribution < 1.29 is 0 Å². The average molecular weight is 290 g/mol. The summed E-state index contributed by atoms with van der Waals surface area (Å²) in [6.07, 6.45) is 2.44. The Morgan fingerprint density at radius 3 is 1.95 bits per heavy atom. The van der Waals surface area contributed by atoms with Gasteiger partial charge in [0.05, 0.1) is 0 Å². The Bertz CT molecular complexity index is 412. The molecule has 21 heavy (non-hydrogen) atoms. The number of likely N-dealkylation sites (N-methyl/N-ethyl adjacent to an activating group) is 2. The van der Waals surface area contributed by atoms with Crippen LogP contribution < -0.4 is 5.32 Å². The summed E-state index contributed by atoms with van der Waals surface area (Å²) in [6, 6.07) is 5.71. The van der Waals surface area contributed by atoms with E-state index in [1.165, 1.54) is 35.1 Å². The lowest BCUT2D eigenvalue weighted by molar-refractivity contribution is 0.206. The van der Waals surface area contributed by atoms with E-state index in [0.29, 0.717) is 12.1 Å². The SMILES string of the molecule is CCNC(CN(C)C(CC)CC)c1c(C)cc(C)cc1C. The van der Waals surface area contributed by atoms with E-state index in [0.717, 1.165) is 13.1 Å². The second-order valence-corrected chi connectivity index (χ2v) is 6.33. The predicted octanol–water partition coefficient (Wildman–Crippen LogP) is 4.38. The Hall–Kier alpha value is -0.860. The van der Waals surface area contributed by atoms with Crippen molar-refractivity contribution in [1.29, 1.82) is 0 Å². The van der Waals surface area contributed by atoms with E-state index in [9.17, 15) is 0 Å². The van der Waals surface area contributed by atoms with Crippen LogP contribution in [0.1, 0.15) is 61.9 Å². The highest BCUT2D eigenvalue weighted by Crippen LogP contribution is 2.25. The number of nitrogens with one attached hydrogen (secondary N) is 1. The third-order valence-electron chi connectivity index (χ3n) is 4.57. The van der Waals surface area contributed by atoms with Crippen molar-refractivity contribution in [3.8, 4) is 0 Å². The molecule has 0 aliphatic rings. The van der Waals surface area contributed by atoms with Gasteiger partial charge in [-0.25, -0.2) is 0 Å². The number of rotatable bonds is 8. The summed E-state index contributed by atoms with van der Waals surface area (Å²) in [5, 5.41) is 3.69. The van der Waals surface area contributed by atoms with Crippen LogP contribution in [0, 0.1) is 20.8 Å². The van der Waals surface area contributed by atoms with Gasteiger partial charge < -0.3 is 10.2 Å². The van der Waals surface area contributed by atoms with E-state index < -0.39 is 0 Å². The quantitative estimate of drug-likeness (QED) is 0.764. The predicted molar refractivity (Wildman–Crippen MR) is 94.1 cm³/mol. The zero-order valence-electron chi connectivity index (χ0n) is 15.1. The number of nitrogens with zero attached hydrogens (tertiary/aromatic N) is 1. The molecule has 0 aromatic heterocycles. The Balaban J connectivity index is 3.02. The fourth-order valence-electron chi connectivity index (χ4n) is 3.59. The van der Waals surface area contributed by atoms with Crippen molar-refractivity contribution in [1.82, 2.24) is 10.2 Å². The summed E-state index contributed by atoms with van der Waals surface area (Å²) in [5.41, 5.74) is 5.67. The summed E-state index contributed by atoms with van der Waals surface area (Å²) in [7, 11) is 2.26. The summed E-state index contributed by atoms with van der Waals surface area (Å²) < 4.78 is 0. The molecule has 0 aliphatic heterocycles. The standard InChI is InChI=1S/C19H34N2/c1-8-17(9-2)21(7)13-18(20-10-3)19-15(5)11-14(4)12-16(19)6/h11-12,17-18,20H,8-10,13H2,1-7H3. The fraction of sp³-hybridized carbons (Fsp3) is 0.684. The minimum Gasteiger partial charge on any atom is -0.309 e. The monoisotopic (exact) mass is 290 g/mol. The summed E-state index contributed by atoms with van der Waals surface area (Å²) in [4.78, 5) is 2.52.